The second-order valence-corrected chi connectivity index (χ2v) is 16.7. The molecule has 1 saturated heterocycles. The maximum absolute atomic E-state index is 2.73. The normalized spacial score (nSPS) is 17.3. The molecule has 0 radical (unpaired) electrons. The lowest BCUT2D eigenvalue weighted by Gasteiger charge is -2.41. The molecule has 232 valence electrons. The van der Waals surface area contributed by atoms with Crippen LogP contribution in [0.1, 0.15) is 76.3 Å². The minimum Gasteiger partial charge on any atom is -0.363 e. The van der Waals surface area contributed by atoms with Gasteiger partial charge in [-0.2, -0.15) is 0 Å². The first-order chi connectivity index (χ1) is 21.7. The van der Waals surface area contributed by atoms with Gasteiger partial charge in [0.25, 0.3) is 0 Å². The summed E-state index contributed by atoms with van der Waals surface area (Å²) in [6.07, 6.45) is 17.3. The molecule has 4 aromatic carbocycles. The quantitative estimate of drug-likeness (QED) is 0.102. The topological polar surface area (TPSA) is 6.48 Å². The van der Waals surface area contributed by atoms with Crippen molar-refractivity contribution in [2.24, 2.45) is 0 Å². The van der Waals surface area contributed by atoms with Crippen molar-refractivity contribution in [1.82, 2.24) is 0 Å². The average Bonchev–Trinajstić information content (AvgIpc) is 3.07. The van der Waals surface area contributed by atoms with Gasteiger partial charge < -0.3 is 9.80 Å². The summed E-state index contributed by atoms with van der Waals surface area (Å²) in [5.74, 6) is 0. The van der Waals surface area contributed by atoms with E-state index in [2.05, 4.69) is 133 Å². The second-order valence-electron chi connectivity index (χ2n) is 12.4. The Balaban J connectivity index is 1.40. The van der Waals surface area contributed by atoms with Crippen LogP contribution < -0.4 is 20.4 Å². The van der Waals surface area contributed by atoms with Gasteiger partial charge >= 0.3 is 0 Å². The molecular weight excluding hydrogens is 570 g/mol. The van der Waals surface area contributed by atoms with Crippen molar-refractivity contribution in [3.05, 3.63) is 120 Å². The summed E-state index contributed by atoms with van der Waals surface area (Å²) in [6.45, 7) is 4.58. The highest BCUT2D eigenvalue weighted by Gasteiger charge is 2.28. The third-order valence-corrected chi connectivity index (χ3v) is 13.6. The van der Waals surface area contributed by atoms with Crippen molar-refractivity contribution in [2.75, 3.05) is 34.9 Å². The van der Waals surface area contributed by atoms with E-state index < -0.39 is 15.8 Å². The monoisotopic (exact) mass is 622 g/mol. The Kier molecular flexibility index (Phi) is 13.2. The highest BCUT2D eigenvalue weighted by Crippen LogP contribution is 2.47. The van der Waals surface area contributed by atoms with Gasteiger partial charge in [0.05, 0.1) is 0 Å². The third-order valence-electron chi connectivity index (χ3n) is 8.85. The predicted molar refractivity (Wildman–Crippen MR) is 199 cm³/mol. The smallest absolute Gasteiger partial charge is 0.0438 e. The van der Waals surface area contributed by atoms with Crippen LogP contribution in [0.4, 0.5) is 11.4 Å². The Morgan fingerprint density at radius 3 is 1.14 bits per heavy atom. The van der Waals surface area contributed by atoms with Gasteiger partial charge in [0, 0.05) is 36.5 Å². The summed E-state index contributed by atoms with van der Waals surface area (Å²) in [7, 11) is -0.809. The lowest BCUT2D eigenvalue weighted by atomic mass is 10.1. The molecule has 1 heterocycles. The molecule has 1 aliphatic heterocycles. The van der Waals surface area contributed by atoms with Crippen LogP contribution in [0.5, 0.6) is 0 Å². The van der Waals surface area contributed by atoms with Crippen LogP contribution in [-0.4, -0.2) is 25.1 Å². The maximum atomic E-state index is 2.73. The van der Waals surface area contributed by atoms with E-state index in [-0.39, 0.29) is 0 Å². The third kappa shape index (κ3) is 9.67. The molecule has 0 saturated carbocycles. The summed E-state index contributed by atoms with van der Waals surface area (Å²) >= 11 is 0. The van der Waals surface area contributed by atoms with Crippen molar-refractivity contribution >= 4 is 37.8 Å². The Morgan fingerprint density at radius 2 is 0.795 bits per heavy atom. The molecule has 0 aliphatic carbocycles. The fourth-order valence-corrected chi connectivity index (χ4v) is 11.2. The van der Waals surface area contributed by atoms with Crippen LogP contribution in [0.15, 0.2) is 109 Å². The number of hydrogen-bond donors (Lipinski definition) is 0. The molecule has 0 unspecified atom stereocenters. The van der Waals surface area contributed by atoms with Gasteiger partial charge in [-0.1, -0.05) is 137 Å². The number of unbranched alkanes of at least 4 members (excludes halogenated alkanes) is 6. The zero-order valence-electron chi connectivity index (χ0n) is 27.1. The van der Waals surface area contributed by atoms with Crippen molar-refractivity contribution in [1.29, 1.82) is 0 Å². The van der Waals surface area contributed by atoms with Gasteiger partial charge in [-0.25, -0.2) is 0 Å². The van der Waals surface area contributed by atoms with E-state index in [0.717, 1.165) is 25.1 Å². The molecule has 5 rings (SSSR count). The van der Waals surface area contributed by atoms with E-state index in [4.69, 9.17) is 0 Å². The largest absolute Gasteiger partial charge is 0.363 e. The zero-order chi connectivity index (χ0) is 30.4. The fraction of sp³-hybridized carbons (Fsp3) is 0.400. The van der Waals surface area contributed by atoms with Crippen molar-refractivity contribution in [3.63, 3.8) is 0 Å². The molecule has 0 N–H and O–H groups in total. The standard InChI is InChI=1S/C40H52N2P2/c1-3-5-7-11-17-35-23-27-37(28-24-35)41-31-43(39-19-13-9-14-20-39)33-42(34-44(32-41)40-21-15-10-16-22-40)38-29-25-36(26-30-38)18-12-8-6-4-2/h9-10,13-16,19-30H,3-8,11-12,17-18,31-34H2,1-2H3. The molecule has 0 aromatic heterocycles. The average molecular weight is 623 g/mol. The van der Waals surface area contributed by atoms with E-state index >= 15 is 0 Å². The summed E-state index contributed by atoms with van der Waals surface area (Å²) < 4.78 is 0. The molecule has 0 atom stereocenters. The molecule has 4 heteroatoms. The second kappa shape index (κ2) is 17.7. The van der Waals surface area contributed by atoms with Gasteiger partial charge in [0.2, 0.25) is 0 Å². The van der Waals surface area contributed by atoms with E-state index in [0.29, 0.717) is 0 Å². The number of rotatable bonds is 14. The Bertz CT molecular complexity index is 1220. The first kappa shape index (κ1) is 32.7. The van der Waals surface area contributed by atoms with Crippen LogP contribution in [0.3, 0.4) is 0 Å². The van der Waals surface area contributed by atoms with E-state index in [1.54, 1.807) is 0 Å². The summed E-state index contributed by atoms with van der Waals surface area (Å²) in [6, 6.07) is 41.9. The molecule has 0 spiro atoms. The molecule has 2 nitrogen and oxygen atoms in total. The van der Waals surface area contributed by atoms with Crippen LogP contribution in [0.25, 0.3) is 0 Å². The van der Waals surface area contributed by atoms with Gasteiger partial charge in [-0.05, 0) is 87.5 Å². The van der Waals surface area contributed by atoms with E-state index in [1.165, 1.54) is 97.3 Å². The Hall–Kier alpha value is -2.66. The van der Waals surface area contributed by atoms with Crippen molar-refractivity contribution < 1.29 is 0 Å². The molecule has 44 heavy (non-hydrogen) atoms. The minimum atomic E-state index is -0.405. The number of aryl methyl sites for hydroxylation is 2. The van der Waals surface area contributed by atoms with Crippen molar-refractivity contribution in [3.8, 4) is 0 Å². The molecule has 1 aliphatic rings. The summed E-state index contributed by atoms with van der Waals surface area (Å²) in [4.78, 5) is 5.46. The summed E-state index contributed by atoms with van der Waals surface area (Å²) in [5, 5.41) is 3.01. The first-order valence-electron chi connectivity index (χ1n) is 17.0. The van der Waals surface area contributed by atoms with Crippen LogP contribution in [0.2, 0.25) is 0 Å². The number of anilines is 2. The number of nitrogens with zero attached hydrogens (tertiary/aromatic N) is 2. The van der Waals surface area contributed by atoms with Gasteiger partial charge in [-0.15, -0.1) is 0 Å². The fourth-order valence-electron chi connectivity index (χ4n) is 6.19. The summed E-state index contributed by atoms with van der Waals surface area (Å²) in [5.41, 5.74) is 5.73. The van der Waals surface area contributed by atoms with Gasteiger partial charge in [0.15, 0.2) is 0 Å². The minimum absolute atomic E-state index is 0.405. The highest BCUT2D eigenvalue weighted by molar-refractivity contribution is 7.67. The lowest BCUT2D eigenvalue weighted by Crippen LogP contribution is -2.38. The van der Waals surface area contributed by atoms with Crippen molar-refractivity contribution in [2.45, 2.75) is 78.1 Å². The zero-order valence-corrected chi connectivity index (χ0v) is 28.9. The predicted octanol–water partition coefficient (Wildman–Crippen LogP) is 10.7. The van der Waals surface area contributed by atoms with Crippen LogP contribution in [0, 0.1) is 0 Å². The van der Waals surface area contributed by atoms with Crippen LogP contribution in [-0.2, 0) is 12.8 Å². The SMILES string of the molecule is CCCCCCc1ccc(N2CP(c3ccccc3)CN(c3ccc(CCCCCC)cc3)CP(c3ccccc3)C2)cc1. The molecule has 0 amide bonds. The van der Waals surface area contributed by atoms with Gasteiger partial charge in [-0.3, -0.25) is 0 Å². The number of hydrogen-bond acceptors (Lipinski definition) is 2. The highest BCUT2D eigenvalue weighted by atomic mass is 31.1. The Labute approximate surface area is 270 Å². The van der Waals surface area contributed by atoms with E-state index in [9.17, 15) is 0 Å². The number of benzene rings is 4. The first-order valence-corrected chi connectivity index (χ1v) is 20.4. The van der Waals surface area contributed by atoms with Gasteiger partial charge in [0.1, 0.15) is 0 Å². The molecule has 1 fully saturated rings. The van der Waals surface area contributed by atoms with Crippen LogP contribution >= 0.6 is 15.8 Å². The maximum Gasteiger partial charge on any atom is 0.0438 e. The lowest BCUT2D eigenvalue weighted by molar-refractivity contribution is 0.667. The Morgan fingerprint density at radius 1 is 0.432 bits per heavy atom. The van der Waals surface area contributed by atoms with E-state index in [1.807, 2.05) is 0 Å². The molecular formula is C40H52N2P2. The molecule has 0 bridgehead atoms. The molecule has 4 aromatic rings.